The minimum atomic E-state index is -0.902. The minimum Gasteiger partial charge on any atom is -0.480 e. The lowest BCUT2D eigenvalue weighted by atomic mass is 9.98. The molecule has 6 heteroatoms. The van der Waals surface area contributed by atoms with E-state index in [-0.39, 0.29) is 0 Å². The Morgan fingerprint density at radius 2 is 2.18 bits per heavy atom. The first kappa shape index (κ1) is 11.6. The van der Waals surface area contributed by atoms with Crippen LogP contribution in [0.2, 0.25) is 0 Å². The van der Waals surface area contributed by atoms with Gasteiger partial charge in [-0.05, 0) is 12.8 Å². The quantitative estimate of drug-likeness (QED) is 0.821. The van der Waals surface area contributed by atoms with Crippen LogP contribution in [0.4, 0.5) is 5.82 Å². The molecule has 1 aliphatic rings. The number of aliphatic carboxylic acids is 1. The molecule has 1 fully saturated rings. The van der Waals surface area contributed by atoms with Gasteiger partial charge in [0.25, 0.3) is 0 Å². The van der Waals surface area contributed by atoms with Crippen molar-refractivity contribution in [2.75, 3.05) is 12.4 Å². The molecule has 0 atom stereocenters. The van der Waals surface area contributed by atoms with E-state index in [2.05, 4.69) is 15.3 Å². The third-order valence-corrected chi connectivity index (χ3v) is 3.06. The van der Waals surface area contributed by atoms with E-state index in [0.717, 1.165) is 12.8 Å². The van der Waals surface area contributed by atoms with Crippen LogP contribution in [0.15, 0.2) is 12.4 Å². The monoisotopic (exact) mass is 237 g/mol. The molecule has 0 aliphatic heterocycles. The van der Waals surface area contributed by atoms with Gasteiger partial charge in [-0.25, -0.2) is 4.79 Å². The van der Waals surface area contributed by atoms with Crippen molar-refractivity contribution in [1.82, 2.24) is 9.97 Å². The molecular weight excluding hydrogens is 222 g/mol. The fraction of sp³-hybridized carbons (Fsp3) is 0.545. The zero-order chi connectivity index (χ0) is 12.3. The first-order valence-electron chi connectivity index (χ1n) is 5.54. The van der Waals surface area contributed by atoms with Gasteiger partial charge in [0, 0.05) is 0 Å². The number of ether oxygens (including phenoxy) is 1. The number of carboxylic acids is 1. The number of carboxylic acid groups (broad SMARTS) is 1. The van der Waals surface area contributed by atoms with Crippen LogP contribution in [0.3, 0.4) is 0 Å². The Morgan fingerprint density at radius 3 is 2.76 bits per heavy atom. The van der Waals surface area contributed by atoms with Crippen molar-refractivity contribution < 1.29 is 14.6 Å². The largest absolute Gasteiger partial charge is 0.480 e. The normalized spacial score (nSPS) is 17.7. The summed E-state index contributed by atoms with van der Waals surface area (Å²) in [6, 6.07) is 0. The summed E-state index contributed by atoms with van der Waals surface area (Å²) in [4.78, 5) is 19.4. The van der Waals surface area contributed by atoms with Gasteiger partial charge in [-0.3, -0.25) is 4.98 Å². The lowest BCUT2D eigenvalue weighted by molar-refractivity contribution is -0.142. The topological polar surface area (TPSA) is 84.3 Å². The number of anilines is 1. The van der Waals surface area contributed by atoms with Crippen molar-refractivity contribution in [2.24, 2.45) is 0 Å². The van der Waals surface area contributed by atoms with E-state index >= 15 is 0 Å². The van der Waals surface area contributed by atoms with Crippen LogP contribution >= 0.6 is 0 Å². The molecule has 0 bridgehead atoms. The number of methoxy groups -OCH3 is 1. The number of hydrogen-bond acceptors (Lipinski definition) is 5. The van der Waals surface area contributed by atoms with Gasteiger partial charge in [-0.1, -0.05) is 12.8 Å². The maximum atomic E-state index is 11.3. The van der Waals surface area contributed by atoms with Crippen molar-refractivity contribution >= 4 is 11.8 Å². The van der Waals surface area contributed by atoms with E-state index in [1.54, 1.807) is 0 Å². The van der Waals surface area contributed by atoms with E-state index in [4.69, 9.17) is 4.74 Å². The summed E-state index contributed by atoms with van der Waals surface area (Å²) in [6.45, 7) is 0. The number of carbonyl (C=O) groups is 1. The molecule has 1 heterocycles. The number of nitrogens with one attached hydrogen (secondary N) is 1. The molecule has 0 aromatic carbocycles. The molecule has 17 heavy (non-hydrogen) atoms. The fourth-order valence-corrected chi connectivity index (χ4v) is 2.12. The molecule has 6 nitrogen and oxygen atoms in total. The summed E-state index contributed by atoms with van der Waals surface area (Å²) in [7, 11) is 1.50. The second-order valence-electron chi connectivity index (χ2n) is 4.17. The van der Waals surface area contributed by atoms with Crippen molar-refractivity contribution in [3.63, 3.8) is 0 Å². The standard InChI is InChI=1S/C11H15N3O3/c1-17-9-7-12-6-8(13-9)14-11(10(15)16)4-2-3-5-11/h6-7H,2-5H2,1H3,(H,13,14)(H,15,16). The predicted molar refractivity (Wildman–Crippen MR) is 61.0 cm³/mol. The number of rotatable bonds is 4. The van der Waals surface area contributed by atoms with E-state index < -0.39 is 11.5 Å². The smallest absolute Gasteiger partial charge is 0.329 e. The summed E-state index contributed by atoms with van der Waals surface area (Å²) < 4.78 is 4.95. The SMILES string of the molecule is COc1cncc(NC2(C(=O)O)CCCC2)n1. The molecule has 0 amide bonds. The summed E-state index contributed by atoms with van der Waals surface area (Å²) in [5, 5.41) is 12.3. The summed E-state index contributed by atoms with van der Waals surface area (Å²) in [5.74, 6) is -0.0261. The molecule has 0 radical (unpaired) electrons. The van der Waals surface area contributed by atoms with Crippen LogP contribution in [0, 0.1) is 0 Å². The summed E-state index contributed by atoms with van der Waals surface area (Å²) in [6.07, 6.45) is 6.04. The minimum absolute atomic E-state index is 0.369. The van der Waals surface area contributed by atoms with E-state index in [1.807, 2.05) is 0 Å². The maximum absolute atomic E-state index is 11.3. The highest BCUT2D eigenvalue weighted by Gasteiger charge is 2.41. The molecule has 2 N–H and O–H groups in total. The van der Waals surface area contributed by atoms with Crippen molar-refractivity contribution in [3.8, 4) is 5.88 Å². The molecule has 0 unspecified atom stereocenters. The number of aromatic nitrogens is 2. The Bertz CT molecular complexity index is 416. The Morgan fingerprint density at radius 1 is 1.47 bits per heavy atom. The first-order valence-corrected chi connectivity index (χ1v) is 5.54. The van der Waals surface area contributed by atoms with Gasteiger partial charge in [0.05, 0.1) is 19.5 Å². The molecule has 1 aromatic heterocycles. The Kier molecular flexibility index (Phi) is 3.12. The molecule has 1 aliphatic carbocycles. The van der Waals surface area contributed by atoms with Gasteiger partial charge in [0.15, 0.2) is 0 Å². The van der Waals surface area contributed by atoms with E-state index in [9.17, 15) is 9.90 Å². The van der Waals surface area contributed by atoms with E-state index in [0.29, 0.717) is 24.5 Å². The third kappa shape index (κ3) is 2.30. The third-order valence-electron chi connectivity index (χ3n) is 3.06. The molecule has 0 spiro atoms. The summed E-state index contributed by atoms with van der Waals surface area (Å²) in [5.41, 5.74) is -0.902. The zero-order valence-electron chi connectivity index (χ0n) is 9.64. The lowest BCUT2D eigenvalue weighted by Gasteiger charge is -2.25. The molecule has 1 saturated carbocycles. The number of nitrogens with zero attached hydrogens (tertiary/aromatic N) is 2. The average molecular weight is 237 g/mol. The van der Waals surface area contributed by atoms with Crippen LogP contribution in [-0.4, -0.2) is 33.7 Å². The van der Waals surface area contributed by atoms with Crippen molar-refractivity contribution in [1.29, 1.82) is 0 Å². The fourth-order valence-electron chi connectivity index (χ4n) is 2.12. The molecule has 1 aromatic rings. The Hall–Kier alpha value is -1.85. The maximum Gasteiger partial charge on any atom is 0.329 e. The molecular formula is C11H15N3O3. The zero-order valence-corrected chi connectivity index (χ0v) is 9.64. The van der Waals surface area contributed by atoms with Crippen molar-refractivity contribution in [2.45, 2.75) is 31.2 Å². The average Bonchev–Trinajstić information content (AvgIpc) is 2.79. The van der Waals surface area contributed by atoms with Crippen LogP contribution in [0.5, 0.6) is 5.88 Å². The van der Waals surface area contributed by atoms with Crippen LogP contribution in [0.25, 0.3) is 0 Å². The van der Waals surface area contributed by atoms with Gasteiger partial charge >= 0.3 is 5.97 Å². The van der Waals surface area contributed by atoms with Gasteiger partial charge in [-0.2, -0.15) is 4.98 Å². The highest BCUT2D eigenvalue weighted by molar-refractivity contribution is 5.82. The second kappa shape index (κ2) is 4.57. The van der Waals surface area contributed by atoms with Gasteiger partial charge < -0.3 is 15.2 Å². The van der Waals surface area contributed by atoms with Crippen LogP contribution in [0.1, 0.15) is 25.7 Å². The van der Waals surface area contributed by atoms with Gasteiger partial charge in [0.1, 0.15) is 11.4 Å². The molecule has 92 valence electrons. The number of hydrogen-bond donors (Lipinski definition) is 2. The Balaban J connectivity index is 2.20. The predicted octanol–water partition coefficient (Wildman–Crippen LogP) is 1.29. The highest BCUT2D eigenvalue weighted by atomic mass is 16.5. The lowest BCUT2D eigenvalue weighted by Crippen LogP contribution is -2.43. The van der Waals surface area contributed by atoms with Gasteiger partial charge in [-0.15, -0.1) is 0 Å². The highest BCUT2D eigenvalue weighted by Crippen LogP contribution is 2.33. The van der Waals surface area contributed by atoms with Crippen LogP contribution < -0.4 is 10.1 Å². The second-order valence-corrected chi connectivity index (χ2v) is 4.17. The van der Waals surface area contributed by atoms with Crippen LogP contribution in [-0.2, 0) is 4.79 Å². The van der Waals surface area contributed by atoms with E-state index in [1.165, 1.54) is 19.5 Å². The Labute approximate surface area is 99.0 Å². The molecule has 2 rings (SSSR count). The van der Waals surface area contributed by atoms with Crippen molar-refractivity contribution in [3.05, 3.63) is 12.4 Å². The summed E-state index contributed by atoms with van der Waals surface area (Å²) >= 11 is 0. The first-order chi connectivity index (χ1) is 8.16. The molecule has 0 saturated heterocycles. The van der Waals surface area contributed by atoms with Gasteiger partial charge in [0.2, 0.25) is 5.88 Å².